The molecule has 1 heterocycles. The minimum Gasteiger partial charge on any atom is -0.393 e. The van der Waals surface area contributed by atoms with Crippen LogP contribution < -0.4 is 0 Å². The first-order valence-electron chi connectivity index (χ1n) is 7.44. The molecule has 0 bridgehead atoms. The molecule has 1 aromatic carbocycles. The highest BCUT2D eigenvalue weighted by molar-refractivity contribution is 5.19. The van der Waals surface area contributed by atoms with E-state index in [-0.39, 0.29) is 11.5 Å². The SMILES string of the molecule is O[C@@H]1CCC[C@]12CCCN(Cc1cccc(F)c1F)C2. The highest BCUT2D eigenvalue weighted by Crippen LogP contribution is 2.45. The van der Waals surface area contributed by atoms with Crippen LogP contribution in [0.5, 0.6) is 0 Å². The minimum absolute atomic E-state index is 0.0119. The molecule has 0 unspecified atom stereocenters. The van der Waals surface area contributed by atoms with Crippen LogP contribution in [0.25, 0.3) is 0 Å². The second-order valence-corrected chi connectivity index (χ2v) is 6.30. The van der Waals surface area contributed by atoms with Crippen molar-refractivity contribution >= 4 is 0 Å². The number of hydrogen-bond acceptors (Lipinski definition) is 2. The summed E-state index contributed by atoms with van der Waals surface area (Å²) in [6.07, 6.45) is 4.84. The Hall–Kier alpha value is -1.00. The molecule has 1 aliphatic carbocycles. The van der Waals surface area contributed by atoms with Gasteiger partial charge in [-0.15, -0.1) is 0 Å². The Morgan fingerprint density at radius 1 is 1.25 bits per heavy atom. The van der Waals surface area contributed by atoms with Gasteiger partial charge < -0.3 is 5.11 Å². The van der Waals surface area contributed by atoms with Gasteiger partial charge in [0.1, 0.15) is 0 Å². The first-order chi connectivity index (χ1) is 9.61. The van der Waals surface area contributed by atoms with Crippen molar-refractivity contribution in [3.8, 4) is 0 Å². The van der Waals surface area contributed by atoms with E-state index in [0.717, 1.165) is 51.3 Å². The standard InChI is InChI=1S/C16H21F2NO/c17-13-5-1-4-12(15(13)18)10-19-9-3-8-16(11-19)7-2-6-14(16)20/h1,4-5,14,20H,2-3,6-11H2/t14-,16-/m1/s1. The zero-order valence-corrected chi connectivity index (χ0v) is 11.6. The van der Waals surface area contributed by atoms with Crippen molar-refractivity contribution in [3.63, 3.8) is 0 Å². The number of likely N-dealkylation sites (tertiary alicyclic amines) is 1. The summed E-state index contributed by atoms with van der Waals surface area (Å²) < 4.78 is 27.0. The van der Waals surface area contributed by atoms with Crippen LogP contribution in [0.15, 0.2) is 18.2 Å². The molecule has 2 aliphatic rings. The van der Waals surface area contributed by atoms with Gasteiger partial charge in [-0.3, -0.25) is 4.90 Å². The molecule has 0 aromatic heterocycles. The normalized spacial score (nSPS) is 31.1. The Balaban J connectivity index is 1.73. The number of aliphatic hydroxyl groups is 1. The quantitative estimate of drug-likeness (QED) is 0.900. The Morgan fingerprint density at radius 3 is 2.80 bits per heavy atom. The molecule has 2 nitrogen and oxygen atoms in total. The number of benzene rings is 1. The summed E-state index contributed by atoms with van der Waals surface area (Å²) in [4.78, 5) is 2.16. The Morgan fingerprint density at radius 2 is 2.05 bits per heavy atom. The summed E-state index contributed by atoms with van der Waals surface area (Å²) in [7, 11) is 0. The average Bonchev–Trinajstić information content (AvgIpc) is 2.76. The Kier molecular flexibility index (Phi) is 3.78. The van der Waals surface area contributed by atoms with Gasteiger partial charge in [0.15, 0.2) is 11.6 Å². The lowest BCUT2D eigenvalue weighted by Gasteiger charge is -2.42. The van der Waals surface area contributed by atoms with Gasteiger partial charge in [-0.1, -0.05) is 18.6 Å². The molecule has 1 spiro atoms. The van der Waals surface area contributed by atoms with Crippen LogP contribution in [0.4, 0.5) is 8.78 Å². The molecule has 0 radical (unpaired) electrons. The van der Waals surface area contributed by atoms with Crippen molar-refractivity contribution in [3.05, 3.63) is 35.4 Å². The summed E-state index contributed by atoms with van der Waals surface area (Å²) >= 11 is 0. The van der Waals surface area contributed by atoms with Gasteiger partial charge in [-0.25, -0.2) is 8.78 Å². The fraction of sp³-hybridized carbons (Fsp3) is 0.625. The Labute approximate surface area is 118 Å². The molecule has 1 aliphatic heterocycles. The van der Waals surface area contributed by atoms with E-state index in [1.54, 1.807) is 12.1 Å². The summed E-state index contributed by atoms with van der Waals surface area (Å²) in [5.74, 6) is -1.52. The number of halogens is 2. The highest BCUT2D eigenvalue weighted by Gasteiger charge is 2.44. The average molecular weight is 281 g/mol. The van der Waals surface area contributed by atoms with Crippen LogP contribution in [-0.4, -0.2) is 29.2 Å². The van der Waals surface area contributed by atoms with Crippen molar-refractivity contribution in [1.82, 2.24) is 4.90 Å². The van der Waals surface area contributed by atoms with Crippen LogP contribution in [0.3, 0.4) is 0 Å². The van der Waals surface area contributed by atoms with E-state index in [9.17, 15) is 13.9 Å². The van der Waals surface area contributed by atoms with Crippen LogP contribution in [0.2, 0.25) is 0 Å². The first kappa shape index (κ1) is 14.0. The van der Waals surface area contributed by atoms with E-state index in [1.807, 2.05) is 0 Å². The summed E-state index contributed by atoms with van der Waals surface area (Å²) in [6, 6.07) is 4.35. The van der Waals surface area contributed by atoms with Crippen molar-refractivity contribution < 1.29 is 13.9 Å². The van der Waals surface area contributed by atoms with Gasteiger partial charge in [0.2, 0.25) is 0 Å². The van der Waals surface area contributed by atoms with Crippen molar-refractivity contribution in [2.45, 2.75) is 44.8 Å². The van der Waals surface area contributed by atoms with E-state index in [4.69, 9.17) is 0 Å². The molecule has 1 N–H and O–H groups in total. The van der Waals surface area contributed by atoms with Crippen molar-refractivity contribution in [2.24, 2.45) is 5.41 Å². The number of piperidine rings is 1. The highest BCUT2D eigenvalue weighted by atomic mass is 19.2. The molecule has 110 valence electrons. The maximum atomic E-state index is 13.8. The molecule has 1 saturated heterocycles. The van der Waals surface area contributed by atoms with Gasteiger partial charge in [-0.05, 0) is 38.3 Å². The number of rotatable bonds is 2. The summed E-state index contributed by atoms with van der Waals surface area (Å²) in [5.41, 5.74) is 0.400. The van der Waals surface area contributed by atoms with Gasteiger partial charge in [0, 0.05) is 24.1 Å². The topological polar surface area (TPSA) is 23.5 Å². The molecular weight excluding hydrogens is 260 g/mol. The summed E-state index contributed by atoms with van der Waals surface area (Å²) in [6.45, 7) is 2.12. The van der Waals surface area contributed by atoms with Gasteiger partial charge >= 0.3 is 0 Å². The third-order valence-corrected chi connectivity index (χ3v) is 4.97. The number of aliphatic hydroxyl groups excluding tert-OH is 1. The Bertz CT molecular complexity index is 493. The molecule has 2 fully saturated rings. The van der Waals surface area contributed by atoms with Crippen molar-refractivity contribution in [2.75, 3.05) is 13.1 Å². The third kappa shape index (κ3) is 2.47. The largest absolute Gasteiger partial charge is 0.393 e. The molecule has 1 saturated carbocycles. The predicted octanol–water partition coefficient (Wildman–Crippen LogP) is 3.09. The number of hydrogen-bond donors (Lipinski definition) is 1. The van der Waals surface area contributed by atoms with Crippen molar-refractivity contribution in [1.29, 1.82) is 0 Å². The fourth-order valence-corrected chi connectivity index (χ4v) is 3.90. The molecule has 2 atom stereocenters. The molecule has 20 heavy (non-hydrogen) atoms. The molecule has 3 rings (SSSR count). The van der Waals surface area contributed by atoms with Gasteiger partial charge in [0.25, 0.3) is 0 Å². The van der Waals surface area contributed by atoms with Crippen LogP contribution >= 0.6 is 0 Å². The van der Waals surface area contributed by atoms with E-state index in [0.29, 0.717) is 12.1 Å². The maximum Gasteiger partial charge on any atom is 0.163 e. The van der Waals surface area contributed by atoms with Crippen LogP contribution in [0.1, 0.15) is 37.7 Å². The molecular formula is C16H21F2NO. The molecule has 0 amide bonds. The maximum absolute atomic E-state index is 13.8. The van der Waals surface area contributed by atoms with Gasteiger partial charge in [0.05, 0.1) is 6.10 Å². The monoisotopic (exact) mass is 281 g/mol. The van der Waals surface area contributed by atoms with E-state index < -0.39 is 11.6 Å². The van der Waals surface area contributed by atoms with E-state index in [2.05, 4.69) is 4.90 Å². The lowest BCUT2D eigenvalue weighted by Crippen LogP contribution is -2.46. The van der Waals surface area contributed by atoms with Crippen LogP contribution in [-0.2, 0) is 6.54 Å². The molecule has 1 aromatic rings. The first-order valence-corrected chi connectivity index (χ1v) is 7.44. The lowest BCUT2D eigenvalue weighted by atomic mass is 9.76. The van der Waals surface area contributed by atoms with E-state index in [1.165, 1.54) is 0 Å². The lowest BCUT2D eigenvalue weighted by molar-refractivity contribution is -0.0123. The summed E-state index contributed by atoms with van der Waals surface area (Å²) in [5, 5.41) is 10.2. The van der Waals surface area contributed by atoms with Crippen LogP contribution in [0, 0.1) is 17.0 Å². The molecule has 4 heteroatoms. The zero-order valence-electron chi connectivity index (χ0n) is 11.6. The minimum atomic E-state index is -0.782. The number of nitrogens with zero attached hydrogens (tertiary/aromatic N) is 1. The zero-order chi connectivity index (χ0) is 14.2. The third-order valence-electron chi connectivity index (χ3n) is 4.97. The second-order valence-electron chi connectivity index (χ2n) is 6.30. The predicted molar refractivity (Wildman–Crippen MR) is 73.2 cm³/mol. The fourth-order valence-electron chi connectivity index (χ4n) is 3.90. The van der Waals surface area contributed by atoms with E-state index >= 15 is 0 Å². The smallest absolute Gasteiger partial charge is 0.163 e. The van der Waals surface area contributed by atoms with Gasteiger partial charge in [-0.2, -0.15) is 0 Å². The second kappa shape index (κ2) is 5.41.